The second-order valence-electron chi connectivity index (χ2n) is 6.57. The fourth-order valence-electron chi connectivity index (χ4n) is 3.06. The number of aryl methyl sites for hydroxylation is 2. The second-order valence-corrected chi connectivity index (χ2v) is 7.86. The van der Waals surface area contributed by atoms with E-state index in [-0.39, 0.29) is 11.9 Å². The number of carbonyl (C=O) groups excluding carboxylic acids is 1. The van der Waals surface area contributed by atoms with Gasteiger partial charge in [-0.3, -0.25) is 4.79 Å². The molecule has 4 heterocycles. The van der Waals surface area contributed by atoms with E-state index in [9.17, 15) is 4.79 Å². The number of hydrogen-bond acceptors (Lipinski definition) is 6. The maximum absolute atomic E-state index is 13.0. The van der Waals surface area contributed by atoms with Crippen molar-refractivity contribution < 1.29 is 13.7 Å². The topological polar surface area (TPSA) is 81.2 Å². The summed E-state index contributed by atoms with van der Waals surface area (Å²) < 4.78 is 10.7. The summed E-state index contributed by atoms with van der Waals surface area (Å²) in [6, 6.07) is 9.49. The molecular formula is C20H19N3O3S. The van der Waals surface area contributed by atoms with Gasteiger partial charge < -0.3 is 14.3 Å². The van der Waals surface area contributed by atoms with Crippen LogP contribution in [0.5, 0.6) is 0 Å². The number of carbonyl (C=O) groups is 1. The molecule has 0 bridgehead atoms. The van der Waals surface area contributed by atoms with Gasteiger partial charge in [0.15, 0.2) is 0 Å². The number of fused-ring (bicyclic) bond motifs is 1. The molecule has 1 unspecified atom stereocenters. The summed E-state index contributed by atoms with van der Waals surface area (Å²) in [4.78, 5) is 19.7. The van der Waals surface area contributed by atoms with Crippen LogP contribution in [0.25, 0.3) is 21.7 Å². The van der Waals surface area contributed by atoms with Gasteiger partial charge in [0.1, 0.15) is 5.76 Å². The number of hydrogen-bond donors (Lipinski definition) is 1. The third-order valence-corrected chi connectivity index (χ3v) is 5.34. The van der Waals surface area contributed by atoms with Gasteiger partial charge >= 0.3 is 0 Å². The summed E-state index contributed by atoms with van der Waals surface area (Å²) in [5.41, 5.74) is 2.25. The molecule has 0 spiro atoms. The van der Waals surface area contributed by atoms with Crippen molar-refractivity contribution in [3.05, 3.63) is 58.5 Å². The number of pyridine rings is 1. The maximum atomic E-state index is 13.0. The molecule has 0 fully saturated rings. The van der Waals surface area contributed by atoms with Crippen molar-refractivity contribution in [2.45, 2.75) is 33.2 Å². The molecule has 0 aliphatic carbocycles. The van der Waals surface area contributed by atoms with E-state index in [4.69, 9.17) is 8.94 Å². The molecule has 1 N–H and O–H groups in total. The Bertz CT molecular complexity index is 1100. The first-order valence-corrected chi connectivity index (χ1v) is 9.50. The Hall–Kier alpha value is -2.93. The Kier molecular flexibility index (Phi) is 4.53. The van der Waals surface area contributed by atoms with Gasteiger partial charge in [0.2, 0.25) is 0 Å². The average molecular weight is 381 g/mol. The van der Waals surface area contributed by atoms with Crippen LogP contribution in [0.15, 0.2) is 45.5 Å². The van der Waals surface area contributed by atoms with E-state index < -0.39 is 0 Å². The summed E-state index contributed by atoms with van der Waals surface area (Å²) >= 11 is 1.62. The average Bonchev–Trinajstić information content (AvgIpc) is 3.36. The molecule has 7 heteroatoms. The first-order valence-electron chi connectivity index (χ1n) is 8.68. The molecule has 4 aromatic rings. The van der Waals surface area contributed by atoms with Crippen LogP contribution < -0.4 is 5.32 Å². The molecule has 0 saturated heterocycles. The minimum Gasteiger partial charge on any atom is -0.469 e. The van der Waals surface area contributed by atoms with Crippen molar-refractivity contribution >= 4 is 28.3 Å². The normalized spacial score (nSPS) is 12.4. The molecule has 1 amide bonds. The monoisotopic (exact) mass is 381 g/mol. The van der Waals surface area contributed by atoms with E-state index in [1.54, 1.807) is 17.6 Å². The van der Waals surface area contributed by atoms with E-state index in [1.807, 2.05) is 51.1 Å². The number of nitrogens with one attached hydrogen (secondary N) is 1. The molecular weight excluding hydrogens is 362 g/mol. The molecule has 0 radical (unpaired) electrons. The van der Waals surface area contributed by atoms with E-state index in [1.165, 1.54) is 4.88 Å². The van der Waals surface area contributed by atoms with Crippen molar-refractivity contribution in [3.8, 4) is 10.6 Å². The van der Waals surface area contributed by atoms with E-state index >= 15 is 0 Å². The molecule has 0 aromatic carbocycles. The highest BCUT2D eigenvalue weighted by Crippen LogP contribution is 2.31. The van der Waals surface area contributed by atoms with Gasteiger partial charge in [0, 0.05) is 17.3 Å². The lowest BCUT2D eigenvalue weighted by Crippen LogP contribution is -2.34. The minimum atomic E-state index is -0.178. The molecule has 6 nitrogen and oxygen atoms in total. The Morgan fingerprint density at radius 1 is 1.30 bits per heavy atom. The zero-order valence-corrected chi connectivity index (χ0v) is 16.1. The Labute approximate surface area is 160 Å². The smallest absolute Gasteiger partial charge is 0.259 e. The summed E-state index contributed by atoms with van der Waals surface area (Å²) in [6.45, 7) is 5.80. The Morgan fingerprint density at radius 3 is 2.85 bits per heavy atom. The number of amides is 1. The maximum Gasteiger partial charge on any atom is 0.259 e. The van der Waals surface area contributed by atoms with Gasteiger partial charge in [-0.05, 0) is 51.1 Å². The largest absolute Gasteiger partial charge is 0.469 e. The lowest BCUT2D eigenvalue weighted by molar-refractivity contribution is 0.0941. The van der Waals surface area contributed by atoms with Crippen molar-refractivity contribution in [2.75, 3.05) is 0 Å². The van der Waals surface area contributed by atoms with Crippen LogP contribution in [-0.2, 0) is 6.42 Å². The van der Waals surface area contributed by atoms with Crippen LogP contribution in [0.2, 0.25) is 0 Å². The number of nitrogens with zero attached hydrogens (tertiary/aromatic N) is 2. The van der Waals surface area contributed by atoms with E-state index in [2.05, 4.69) is 15.5 Å². The van der Waals surface area contributed by atoms with Crippen molar-refractivity contribution in [1.29, 1.82) is 0 Å². The van der Waals surface area contributed by atoms with E-state index in [0.29, 0.717) is 34.5 Å². The quantitative estimate of drug-likeness (QED) is 0.550. The van der Waals surface area contributed by atoms with Gasteiger partial charge in [0.05, 0.1) is 33.5 Å². The lowest BCUT2D eigenvalue weighted by Gasteiger charge is -2.13. The van der Waals surface area contributed by atoms with Crippen LogP contribution in [0.4, 0.5) is 0 Å². The molecule has 4 rings (SSSR count). The van der Waals surface area contributed by atoms with Crippen molar-refractivity contribution in [2.24, 2.45) is 0 Å². The van der Waals surface area contributed by atoms with Crippen LogP contribution in [-0.4, -0.2) is 22.1 Å². The first kappa shape index (κ1) is 17.5. The molecule has 0 saturated carbocycles. The number of furan rings is 1. The summed E-state index contributed by atoms with van der Waals surface area (Å²) in [7, 11) is 0. The highest BCUT2D eigenvalue weighted by Gasteiger charge is 2.21. The summed E-state index contributed by atoms with van der Waals surface area (Å²) in [5.74, 6) is 0.654. The lowest BCUT2D eigenvalue weighted by atomic mass is 10.1. The molecule has 0 aliphatic rings. The molecule has 1 atom stereocenters. The molecule has 138 valence electrons. The van der Waals surface area contributed by atoms with Crippen LogP contribution >= 0.6 is 11.3 Å². The summed E-state index contributed by atoms with van der Waals surface area (Å²) in [6.07, 6.45) is 2.25. The number of rotatable bonds is 5. The minimum absolute atomic E-state index is 0.0838. The van der Waals surface area contributed by atoms with Gasteiger partial charge in [-0.15, -0.1) is 11.3 Å². The first-order chi connectivity index (χ1) is 13.0. The van der Waals surface area contributed by atoms with E-state index in [0.717, 1.165) is 10.6 Å². The standard InChI is InChI=1S/C20H19N3O3S/c1-11(9-14-5-4-8-25-14)21-19(24)15-10-16(17-7-6-12(2)27-17)22-20-18(15)13(3)23-26-20/h4-8,10-11H,9H2,1-3H3,(H,21,24). The molecule has 4 aromatic heterocycles. The third kappa shape index (κ3) is 3.50. The van der Waals surface area contributed by atoms with Gasteiger partial charge in [-0.2, -0.15) is 0 Å². The van der Waals surface area contributed by atoms with Crippen molar-refractivity contribution in [1.82, 2.24) is 15.5 Å². The highest BCUT2D eigenvalue weighted by molar-refractivity contribution is 7.15. The predicted octanol–water partition coefficient (Wildman–Crippen LogP) is 4.52. The number of aromatic nitrogens is 2. The van der Waals surface area contributed by atoms with Crippen molar-refractivity contribution in [3.63, 3.8) is 0 Å². The van der Waals surface area contributed by atoms with Crippen LogP contribution in [0.3, 0.4) is 0 Å². The molecule has 27 heavy (non-hydrogen) atoms. The Morgan fingerprint density at radius 2 is 2.15 bits per heavy atom. The zero-order valence-electron chi connectivity index (χ0n) is 15.3. The van der Waals surface area contributed by atoms with Gasteiger partial charge in [-0.1, -0.05) is 5.16 Å². The fraction of sp³-hybridized carbons (Fsp3) is 0.250. The number of thiophene rings is 1. The fourth-order valence-corrected chi connectivity index (χ4v) is 3.88. The second kappa shape index (κ2) is 7.00. The van der Waals surface area contributed by atoms with Crippen LogP contribution in [0.1, 0.15) is 33.6 Å². The summed E-state index contributed by atoms with van der Waals surface area (Å²) in [5, 5.41) is 7.67. The van der Waals surface area contributed by atoms with Crippen LogP contribution in [0, 0.1) is 13.8 Å². The predicted molar refractivity (Wildman–Crippen MR) is 104 cm³/mol. The SMILES string of the molecule is Cc1ccc(-c2cc(C(=O)NC(C)Cc3ccco3)c3c(C)noc3n2)s1. The highest BCUT2D eigenvalue weighted by atomic mass is 32.1. The van der Waals surface area contributed by atoms with Gasteiger partial charge in [0.25, 0.3) is 11.6 Å². The zero-order chi connectivity index (χ0) is 19.0. The Balaban J connectivity index is 1.68. The van der Waals surface area contributed by atoms with Gasteiger partial charge in [-0.25, -0.2) is 4.98 Å². The molecule has 0 aliphatic heterocycles. The third-order valence-electron chi connectivity index (χ3n) is 4.32.